The van der Waals surface area contributed by atoms with Gasteiger partial charge in [0.25, 0.3) is 0 Å². The Morgan fingerprint density at radius 3 is 2.24 bits per heavy atom. The summed E-state index contributed by atoms with van der Waals surface area (Å²) in [6.07, 6.45) is 14.6. The molecule has 0 bridgehead atoms. The van der Waals surface area contributed by atoms with Gasteiger partial charge in [-0.1, -0.05) is 45.4 Å². The van der Waals surface area contributed by atoms with E-state index in [2.05, 4.69) is 6.92 Å². The lowest BCUT2D eigenvalue weighted by molar-refractivity contribution is 0.145. The number of rotatable bonds is 3. The van der Waals surface area contributed by atoms with Crippen LogP contribution in [0.5, 0.6) is 0 Å². The fourth-order valence-corrected chi connectivity index (χ4v) is 4.35. The third-order valence-electron chi connectivity index (χ3n) is 5.59. The van der Waals surface area contributed by atoms with Crippen LogP contribution in [0.2, 0.25) is 0 Å². The molecule has 0 saturated heterocycles. The zero-order valence-corrected chi connectivity index (χ0v) is 11.7. The van der Waals surface area contributed by atoms with E-state index in [0.29, 0.717) is 0 Å². The molecule has 1 heteroatoms. The molecule has 0 radical (unpaired) electrons. The molecule has 2 aliphatic carbocycles. The topological polar surface area (TPSA) is 26.0 Å². The monoisotopic (exact) mass is 237 g/mol. The molecule has 0 aromatic rings. The molecule has 2 unspecified atom stereocenters. The molecule has 2 saturated carbocycles. The summed E-state index contributed by atoms with van der Waals surface area (Å²) in [6.45, 7) is 3.30. The molecule has 17 heavy (non-hydrogen) atoms. The Bertz CT molecular complexity index is 206. The van der Waals surface area contributed by atoms with Gasteiger partial charge in [-0.25, -0.2) is 0 Å². The normalized spacial score (nSPS) is 39.9. The van der Waals surface area contributed by atoms with E-state index in [9.17, 15) is 0 Å². The average Bonchev–Trinajstić information content (AvgIpc) is 2.64. The summed E-state index contributed by atoms with van der Waals surface area (Å²) in [6, 6.07) is 0. The second-order valence-corrected chi connectivity index (χ2v) is 6.49. The van der Waals surface area contributed by atoms with Crippen molar-refractivity contribution in [2.75, 3.05) is 6.54 Å². The Hall–Kier alpha value is -0.0400. The lowest BCUT2D eigenvalue weighted by Crippen LogP contribution is -2.31. The zero-order valence-electron chi connectivity index (χ0n) is 11.7. The van der Waals surface area contributed by atoms with E-state index in [-0.39, 0.29) is 0 Å². The van der Waals surface area contributed by atoms with Crippen molar-refractivity contribution in [2.45, 2.75) is 71.1 Å². The van der Waals surface area contributed by atoms with Crippen LogP contribution >= 0.6 is 0 Å². The molecular formula is C16H31N. The predicted molar refractivity (Wildman–Crippen MR) is 74.9 cm³/mol. The highest BCUT2D eigenvalue weighted by Crippen LogP contribution is 2.42. The molecule has 2 atom stereocenters. The van der Waals surface area contributed by atoms with Crippen molar-refractivity contribution < 1.29 is 0 Å². The van der Waals surface area contributed by atoms with Crippen molar-refractivity contribution in [3.63, 3.8) is 0 Å². The first-order valence-electron chi connectivity index (χ1n) is 8.05. The first-order chi connectivity index (χ1) is 8.35. The summed E-state index contributed by atoms with van der Waals surface area (Å²) in [7, 11) is 0. The van der Waals surface area contributed by atoms with Crippen molar-refractivity contribution >= 4 is 0 Å². The van der Waals surface area contributed by atoms with Crippen LogP contribution in [0.3, 0.4) is 0 Å². The van der Waals surface area contributed by atoms with Crippen LogP contribution in [0, 0.1) is 23.7 Å². The summed E-state index contributed by atoms with van der Waals surface area (Å²) < 4.78 is 0. The highest BCUT2D eigenvalue weighted by atomic mass is 14.6. The molecule has 2 fully saturated rings. The van der Waals surface area contributed by atoms with Gasteiger partial charge in [-0.05, 0) is 55.9 Å². The van der Waals surface area contributed by atoms with Crippen LogP contribution in [0.15, 0.2) is 0 Å². The fourth-order valence-electron chi connectivity index (χ4n) is 4.35. The van der Waals surface area contributed by atoms with E-state index in [1.165, 1.54) is 64.2 Å². The minimum Gasteiger partial charge on any atom is -0.330 e. The van der Waals surface area contributed by atoms with Gasteiger partial charge in [0.05, 0.1) is 0 Å². The molecule has 0 heterocycles. The Morgan fingerprint density at radius 2 is 1.59 bits per heavy atom. The zero-order chi connectivity index (χ0) is 12.1. The molecule has 0 amide bonds. The van der Waals surface area contributed by atoms with Crippen molar-refractivity contribution in [3.05, 3.63) is 0 Å². The summed E-state index contributed by atoms with van der Waals surface area (Å²) >= 11 is 0. The van der Waals surface area contributed by atoms with Crippen molar-refractivity contribution in [3.8, 4) is 0 Å². The number of hydrogen-bond acceptors (Lipinski definition) is 1. The maximum atomic E-state index is 6.02. The van der Waals surface area contributed by atoms with Crippen molar-refractivity contribution in [1.29, 1.82) is 0 Å². The smallest absolute Gasteiger partial charge is 0.00461 e. The van der Waals surface area contributed by atoms with Gasteiger partial charge in [-0.2, -0.15) is 0 Å². The molecule has 2 N–H and O–H groups in total. The van der Waals surface area contributed by atoms with E-state index in [4.69, 9.17) is 5.73 Å². The molecule has 0 aromatic carbocycles. The van der Waals surface area contributed by atoms with Crippen LogP contribution in [0.4, 0.5) is 0 Å². The predicted octanol–water partition coefficient (Wildman–Crippen LogP) is 4.36. The molecule has 0 aliphatic heterocycles. The quantitative estimate of drug-likeness (QED) is 0.725. The fraction of sp³-hybridized carbons (Fsp3) is 1.00. The summed E-state index contributed by atoms with van der Waals surface area (Å²) in [4.78, 5) is 0. The third-order valence-corrected chi connectivity index (χ3v) is 5.59. The second-order valence-electron chi connectivity index (χ2n) is 6.49. The van der Waals surface area contributed by atoms with Gasteiger partial charge in [0, 0.05) is 0 Å². The van der Waals surface area contributed by atoms with Gasteiger partial charge < -0.3 is 5.73 Å². The molecular weight excluding hydrogens is 206 g/mol. The Kier molecular flexibility index (Phi) is 5.34. The first kappa shape index (κ1) is 13.4. The van der Waals surface area contributed by atoms with Crippen LogP contribution < -0.4 is 5.73 Å². The van der Waals surface area contributed by atoms with Crippen LogP contribution in [-0.2, 0) is 0 Å². The largest absolute Gasteiger partial charge is 0.330 e. The van der Waals surface area contributed by atoms with Crippen LogP contribution in [0.1, 0.15) is 71.1 Å². The highest BCUT2D eigenvalue weighted by molar-refractivity contribution is 4.83. The van der Waals surface area contributed by atoms with E-state index in [0.717, 1.165) is 30.2 Å². The first-order valence-corrected chi connectivity index (χ1v) is 8.05. The van der Waals surface area contributed by atoms with Crippen molar-refractivity contribution in [1.82, 2.24) is 0 Å². The lowest BCUT2D eigenvalue weighted by atomic mass is 9.69. The Morgan fingerprint density at radius 1 is 0.882 bits per heavy atom. The molecule has 0 aromatic heterocycles. The maximum Gasteiger partial charge on any atom is -0.00461 e. The number of hydrogen-bond donors (Lipinski definition) is 1. The van der Waals surface area contributed by atoms with E-state index < -0.39 is 0 Å². The molecule has 100 valence electrons. The molecule has 2 aliphatic rings. The number of nitrogens with two attached hydrogens (primary N) is 1. The standard InChI is InChI=1S/C16H31N/c1-2-13-8-10-14(11-9-13)16-7-5-3-4-6-15(16)12-17/h13-16H,2-12,17H2,1H3. The van der Waals surface area contributed by atoms with Gasteiger partial charge in [0.2, 0.25) is 0 Å². The van der Waals surface area contributed by atoms with E-state index in [1.54, 1.807) is 0 Å². The van der Waals surface area contributed by atoms with Gasteiger partial charge in [-0.3, -0.25) is 0 Å². The second kappa shape index (κ2) is 6.78. The maximum absolute atomic E-state index is 6.02. The highest BCUT2D eigenvalue weighted by Gasteiger charge is 2.32. The average molecular weight is 237 g/mol. The van der Waals surface area contributed by atoms with Gasteiger partial charge in [-0.15, -0.1) is 0 Å². The van der Waals surface area contributed by atoms with Crippen molar-refractivity contribution in [2.24, 2.45) is 29.4 Å². The van der Waals surface area contributed by atoms with Crippen LogP contribution in [-0.4, -0.2) is 6.54 Å². The summed E-state index contributed by atoms with van der Waals surface area (Å²) in [5, 5.41) is 0. The van der Waals surface area contributed by atoms with Gasteiger partial charge >= 0.3 is 0 Å². The summed E-state index contributed by atoms with van der Waals surface area (Å²) in [5.74, 6) is 3.87. The van der Waals surface area contributed by atoms with Gasteiger partial charge in [0.15, 0.2) is 0 Å². The minimum absolute atomic E-state index is 0.848. The van der Waals surface area contributed by atoms with E-state index in [1.807, 2.05) is 0 Å². The lowest BCUT2D eigenvalue weighted by Gasteiger charge is -2.37. The van der Waals surface area contributed by atoms with E-state index >= 15 is 0 Å². The third kappa shape index (κ3) is 3.47. The van der Waals surface area contributed by atoms with Gasteiger partial charge in [0.1, 0.15) is 0 Å². The molecule has 0 spiro atoms. The molecule has 1 nitrogen and oxygen atoms in total. The molecule has 2 rings (SSSR count). The van der Waals surface area contributed by atoms with Crippen LogP contribution in [0.25, 0.3) is 0 Å². The minimum atomic E-state index is 0.848. The SMILES string of the molecule is CCC1CCC(C2CCCCCC2CN)CC1. The Balaban J connectivity index is 1.90. The summed E-state index contributed by atoms with van der Waals surface area (Å²) in [5.41, 5.74) is 6.02. The Labute approximate surface area is 108 Å².